The number of hydrogen-bond donors (Lipinski definition) is 2. The van der Waals surface area contributed by atoms with E-state index in [0.29, 0.717) is 18.6 Å². The van der Waals surface area contributed by atoms with Crippen molar-refractivity contribution in [3.63, 3.8) is 0 Å². The maximum absolute atomic E-state index is 12.0. The molecular formula is C25H41F4NO3. The maximum Gasteiger partial charge on any atom is 0.386 e. The van der Waals surface area contributed by atoms with Crippen LogP contribution >= 0.6 is 0 Å². The molecule has 33 heavy (non-hydrogen) atoms. The van der Waals surface area contributed by atoms with E-state index in [2.05, 4.69) is 5.32 Å². The van der Waals surface area contributed by atoms with Crippen molar-refractivity contribution in [3.8, 4) is 5.75 Å². The maximum atomic E-state index is 12.0. The molecule has 2 aromatic rings. The van der Waals surface area contributed by atoms with E-state index in [-0.39, 0.29) is 13.5 Å². The zero-order chi connectivity index (χ0) is 26.9. The molecule has 0 heterocycles. The molecule has 0 aliphatic rings. The van der Waals surface area contributed by atoms with E-state index in [1.807, 2.05) is 77.9 Å². The van der Waals surface area contributed by atoms with Crippen LogP contribution in [0, 0.1) is 0 Å². The van der Waals surface area contributed by atoms with Crippen molar-refractivity contribution in [2.75, 3.05) is 19.1 Å². The van der Waals surface area contributed by atoms with Gasteiger partial charge < -0.3 is 15.2 Å². The Labute approximate surface area is 197 Å². The van der Waals surface area contributed by atoms with Gasteiger partial charge in [-0.3, -0.25) is 9.18 Å². The summed E-state index contributed by atoms with van der Waals surface area (Å²) in [5.74, 6) is 0.111. The van der Waals surface area contributed by atoms with Gasteiger partial charge in [0.2, 0.25) is 0 Å². The molecule has 0 aromatic heterocycles. The molecule has 0 unspecified atom stereocenters. The van der Waals surface area contributed by atoms with Gasteiger partial charge in [-0.1, -0.05) is 77.9 Å². The van der Waals surface area contributed by atoms with Crippen LogP contribution in [0.15, 0.2) is 60.7 Å². The molecule has 2 N–H and O–H groups in total. The second-order valence-corrected chi connectivity index (χ2v) is 5.48. The molecule has 1 amide bonds. The first-order valence-corrected chi connectivity index (χ1v) is 10.8. The SMILES string of the molecule is CC.CC.CC.CC(F)(F)F.CF.C[C@](O)(COc1ccccc1)C(=O)Nc1ccccc1. The van der Waals surface area contributed by atoms with Crippen molar-refractivity contribution in [1.29, 1.82) is 0 Å². The standard InChI is InChI=1S/C16H17NO3.C2H3F3.3C2H6.CH3F/c1-16(19,12-20-14-10-6-3-7-11-14)15(18)17-13-8-4-2-5-9-13;1-2(3,4)5;4*1-2/h2-11,19H,12H2,1H3,(H,17,18);1H3;3*1-2H3;1H3/t16-;;;;;/m0...../s1. The van der Waals surface area contributed by atoms with E-state index >= 15 is 0 Å². The number of halogens is 4. The Morgan fingerprint density at radius 1 is 0.818 bits per heavy atom. The van der Waals surface area contributed by atoms with Gasteiger partial charge >= 0.3 is 6.18 Å². The average molecular weight is 480 g/mol. The molecule has 2 rings (SSSR count). The summed E-state index contributed by atoms with van der Waals surface area (Å²) in [4.78, 5) is 12.0. The fourth-order valence-corrected chi connectivity index (χ4v) is 1.59. The van der Waals surface area contributed by atoms with Crippen LogP contribution in [0.4, 0.5) is 23.2 Å². The van der Waals surface area contributed by atoms with Crippen LogP contribution in [0.2, 0.25) is 0 Å². The van der Waals surface area contributed by atoms with Gasteiger partial charge in [0.25, 0.3) is 5.91 Å². The van der Waals surface area contributed by atoms with E-state index in [0.717, 1.165) is 0 Å². The summed E-state index contributed by atoms with van der Waals surface area (Å²) >= 11 is 0. The highest BCUT2D eigenvalue weighted by molar-refractivity contribution is 5.96. The molecule has 0 saturated carbocycles. The van der Waals surface area contributed by atoms with Gasteiger partial charge in [0.1, 0.15) is 12.4 Å². The number of hydrogen-bond acceptors (Lipinski definition) is 3. The Hall–Kier alpha value is -2.61. The van der Waals surface area contributed by atoms with Crippen LogP contribution in [0.3, 0.4) is 0 Å². The molecule has 0 aliphatic heterocycles. The van der Waals surface area contributed by atoms with Gasteiger partial charge in [-0.15, -0.1) is 0 Å². The van der Waals surface area contributed by atoms with E-state index in [1.54, 1.807) is 24.3 Å². The Kier molecular flexibility index (Phi) is 27.5. The minimum absolute atomic E-state index is 0.115. The number of para-hydroxylation sites is 2. The molecule has 0 aliphatic carbocycles. The molecular weight excluding hydrogens is 438 g/mol. The molecule has 192 valence electrons. The van der Waals surface area contributed by atoms with Gasteiger partial charge in [0, 0.05) is 12.6 Å². The number of aliphatic hydroxyl groups is 1. The highest BCUT2D eigenvalue weighted by Gasteiger charge is 2.31. The lowest BCUT2D eigenvalue weighted by Crippen LogP contribution is -2.45. The third kappa shape index (κ3) is 25.5. The van der Waals surface area contributed by atoms with Crippen molar-refractivity contribution in [3.05, 3.63) is 60.7 Å². The van der Waals surface area contributed by atoms with E-state index < -0.39 is 17.7 Å². The van der Waals surface area contributed by atoms with Crippen molar-refractivity contribution >= 4 is 11.6 Å². The molecule has 0 radical (unpaired) electrons. The average Bonchev–Trinajstić information content (AvgIpc) is 2.83. The summed E-state index contributed by atoms with van der Waals surface area (Å²) in [6.45, 7) is 13.5. The number of carbonyl (C=O) groups is 1. The van der Waals surface area contributed by atoms with Crippen LogP contribution < -0.4 is 10.1 Å². The first-order valence-electron chi connectivity index (χ1n) is 10.8. The van der Waals surface area contributed by atoms with Gasteiger partial charge in [-0.2, -0.15) is 13.2 Å². The van der Waals surface area contributed by atoms with Crippen LogP contribution in [0.1, 0.15) is 55.4 Å². The first kappa shape index (κ1) is 37.7. The quantitative estimate of drug-likeness (QED) is 0.432. The highest BCUT2D eigenvalue weighted by atomic mass is 19.4. The van der Waals surface area contributed by atoms with Crippen LogP contribution in [0.25, 0.3) is 0 Å². The number of rotatable bonds is 5. The summed E-state index contributed by atoms with van der Waals surface area (Å²) < 4.78 is 46.0. The van der Waals surface area contributed by atoms with E-state index in [1.165, 1.54) is 6.92 Å². The van der Waals surface area contributed by atoms with Crippen LogP contribution in [0.5, 0.6) is 5.75 Å². The molecule has 8 heteroatoms. The molecule has 0 bridgehead atoms. The topological polar surface area (TPSA) is 58.6 Å². The van der Waals surface area contributed by atoms with Gasteiger partial charge in [0.05, 0.1) is 7.18 Å². The fraction of sp³-hybridized carbons (Fsp3) is 0.480. The molecule has 4 nitrogen and oxygen atoms in total. The first-order chi connectivity index (χ1) is 15.6. The van der Waals surface area contributed by atoms with Crippen LogP contribution in [-0.2, 0) is 4.79 Å². The third-order valence-electron chi connectivity index (χ3n) is 2.78. The summed E-state index contributed by atoms with van der Waals surface area (Å²) in [6.07, 6.45) is -4.00. The zero-order valence-corrected chi connectivity index (χ0v) is 21.3. The van der Waals surface area contributed by atoms with Crippen molar-refractivity contribution in [2.24, 2.45) is 0 Å². The molecule has 0 fully saturated rings. The van der Waals surface area contributed by atoms with Gasteiger partial charge in [-0.05, 0) is 31.2 Å². The summed E-state index contributed by atoms with van der Waals surface area (Å²) in [5, 5.41) is 12.8. The summed E-state index contributed by atoms with van der Waals surface area (Å²) in [5.41, 5.74) is -0.969. The summed E-state index contributed by atoms with van der Waals surface area (Å²) in [6, 6.07) is 18.0. The molecule has 0 saturated heterocycles. The lowest BCUT2D eigenvalue weighted by molar-refractivity contribution is -0.135. The number of alkyl halides is 4. The Morgan fingerprint density at radius 2 is 1.15 bits per heavy atom. The second kappa shape index (κ2) is 24.0. The van der Waals surface area contributed by atoms with Gasteiger partial charge in [0.15, 0.2) is 5.60 Å². The Morgan fingerprint density at radius 3 is 1.52 bits per heavy atom. The van der Waals surface area contributed by atoms with Crippen LogP contribution in [-0.4, -0.2) is 36.6 Å². The van der Waals surface area contributed by atoms with E-state index in [4.69, 9.17) is 4.74 Å². The van der Waals surface area contributed by atoms with Crippen molar-refractivity contribution in [2.45, 2.75) is 67.2 Å². The third-order valence-corrected chi connectivity index (χ3v) is 2.78. The predicted octanol–water partition coefficient (Wildman–Crippen LogP) is 7.69. The number of carbonyl (C=O) groups excluding carboxylic acids is 1. The minimum atomic E-state index is -4.00. The smallest absolute Gasteiger partial charge is 0.386 e. The number of amides is 1. The zero-order valence-electron chi connectivity index (χ0n) is 21.3. The number of benzene rings is 2. The largest absolute Gasteiger partial charge is 0.490 e. The number of ether oxygens (including phenoxy) is 1. The predicted molar refractivity (Wildman–Crippen MR) is 130 cm³/mol. The lowest BCUT2D eigenvalue weighted by Gasteiger charge is -2.22. The highest BCUT2D eigenvalue weighted by Crippen LogP contribution is 2.15. The fourth-order valence-electron chi connectivity index (χ4n) is 1.59. The minimum Gasteiger partial charge on any atom is -0.490 e. The molecule has 2 aromatic carbocycles. The van der Waals surface area contributed by atoms with Gasteiger partial charge in [-0.25, -0.2) is 0 Å². The molecule has 1 atom stereocenters. The Balaban J connectivity index is -0.000000274. The normalized spacial score (nSPS) is 10.6. The van der Waals surface area contributed by atoms with Crippen molar-refractivity contribution < 1.29 is 32.2 Å². The number of anilines is 1. The lowest BCUT2D eigenvalue weighted by atomic mass is 10.1. The van der Waals surface area contributed by atoms with E-state index in [9.17, 15) is 27.5 Å². The molecule has 0 spiro atoms. The number of nitrogens with one attached hydrogen (secondary N) is 1. The summed E-state index contributed by atoms with van der Waals surface area (Å²) in [7, 11) is 0.500. The Bertz CT molecular complexity index is 644. The second-order valence-electron chi connectivity index (χ2n) is 5.48. The monoisotopic (exact) mass is 479 g/mol. The van der Waals surface area contributed by atoms with Crippen molar-refractivity contribution in [1.82, 2.24) is 0 Å².